The Labute approximate surface area is 106 Å². The molecule has 2 aromatic carbocycles. The van der Waals surface area contributed by atoms with Crippen molar-refractivity contribution in [1.29, 1.82) is 0 Å². The highest BCUT2D eigenvalue weighted by Crippen LogP contribution is 2.25. The standard InChI is InChI=1S/C15H17OSi/c1-15(2,16)14-6-5-12-9-11(7-8-17)3-4-13(12)10-14/h3-6,9-10,16H,7-8H2,1-2H3. The maximum Gasteiger partial charge on any atom is 0.0840 e. The van der Waals surface area contributed by atoms with Crippen LogP contribution in [0.15, 0.2) is 36.4 Å². The van der Waals surface area contributed by atoms with Gasteiger partial charge >= 0.3 is 0 Å². The summed E-state index contributed by atoms with van der Waals surface area (Å²) in [6.45, 7) is 3.63. The van der Waals surface area contributed by atoms with E-state index >= 15 is 0 Å². The van der Waals surface area contributed by atoms with Crippen LogP contribution in [0.3, 0.4) is 0 Å². The van der Waals surface area contributed by atoms with Crippen molar-refractivity contribution in [1.82, 2.24) is 0 Å². The lowest BCUT2D eigenvalue weighted by Gasteiger charge is -2.18. The van der Waals surface area contributed by atoms with Gasteiger partial charge in [0.2, 0.25) is 0 Å². The molecule has 0 amide bonds. The molecule has 2 heteroatoms. The van der Waals surface area contributed by atoms with Crippen molar-refractivity contribution in [3.8, 4) is 0 Å². The quantitative estimate of drug-likeness (QED) is 0.818. The van der Waals surface area contributed by atoms with Gasteiger partial charge < -0.3 is 5.11 Å². The third-order valence-corrected chi connectivity index (χ3v) is 3.27. The first kappa shape index (κ1) is 12.3. The molecule has 0 saturated heterocycles. The fraction of sp³-hybridized carbons (Fsp3) is 0.333. The Morgan fingerprint density at radius 3 is 2.35 bits per heavy atom. The van der Waals surface area contributed by atoms with Crippen LogP contribution >= 0.6 is 0 Å². The first-order valence-electron chi connectivity index (χ1n) is 5.91. The van der Waals surface area contributed by atoms with Gasteiger partial charge in [0.1, 0.15) is 0 Å². The number of aliphatic hydroxyl groups is 1. The zero-order valence-corrected chi connectivity index (χ0v) is 11.3. The summed E-state index contributed by atoms with van der Waals surface area (Å²) in [5, 5.41) is 12.4. The van der Waals surface area contributed by atoms with Gasteiger partial charge in [0.25, 0.3) is 0 Å². The monoisotopic (exact) mass is 241 g/mol. The largest absolute Gasteiger partial charge is 0.386 e. The lowest BCUT2D eigenvalue weighted by molar-refractivity contribution is 0.0787. The molecule has 0 atom stereocenters. The van der Waals surface area contributed by atoms with Gasteiger partial charge in [-0.2, -0.15) is 0 Å². The molecule has 87 valence electrons. The minimum absolute atomic E-state index is 0.775. The minimum atomic E-state index is -0.775. The number of hydrogen-bond acceptors (Lipinski definition) is 1. The van der Waals surface area contributed by atoms with E-state index in [4.69, 9.17) is 0 Å². The normalized spacial score (nSPS) is 12.0. The molecule has 0 bridgehead atoms. The van der Waals surface area contributed by atoms with Gasteiger partial charge in [0.15, 0.2) is 0 Å². The van der Waals surface area contributed by atoms with Gasteiger partial charge in [-0.15, -0.1) is 0 Å². The molecule has 3 radical (unpaired) electrons. The van der Waals surface area contributed by atoms with Crippen molar-refractivity contribution in [3.05, 3.63) is 47.5 Å². The van der Waals surface area contributed by atoms with Crippen LogP contribution in [0.2, 0.25) is 6.04 Å². The number of aryl methyl sites for hydroxylation is 1. The van der Waals surface area contributed by atoms with Crippen molar-refractivity contribution in [2.24, 2.45) is 0 Å². The molecule has 2 aromatic rings. The summed E-state index contributed by atoms with van der Waals surface area (Å²) in [6.07, 6.45) is 1.04. The molecule has 0 saturated carbocycles. The zero-order chi connectivity index (χ0) is 12.5. The van der Waals surface area contributed by atoms with Crippen molar-refractivity contribution >= 4 is 21.0 Å². The second-order valence-electron chi connectivity index (χ2n) is 4.96. The summed E-state index contributed by atoms with van der Waals surface area (Å²) in [7, 11) is 3.50. The Hall–Kier alpha value is -1.12. The second-order valence-corrected chi connectivity index (χ2v) is 5.46. The van der Waals surface area contributed by atoms with E-state index in [1.165, 1.54) is 16.3 Å². The summed E-state index contributed by atoms with van der Waals surface area (Å²) in [4.78, 5) is 0. The maximum absolute atomic E-state index is 9.98. The Bertz CT molecular complexity index is 526. The van der Waals surface area contributed by atoms with Crippen molar-refractivity contribution in [3.63, 3.8) is 0 Å². The Morgan fingerprint density at radius 2 is 1.71 bits per heavy atom. The van der Waals surface area contributed by atoms with E-state index in [1.54, 1.807) is 0 Å². The van der Waals surface area contributed by atoms with Crippen molar-refractivity contribution < 1.29 is 5.11 Å². The molecule has 0 unspecified atom stereocenters. The minimum Gasteiger partial charge on any atom is -0.386 e. The molecule has 0 aliphatic carbocycles. The molecule has 0 aromatic heterocycles. The molecule has 0 aliphatic heterocycles. The summed E-state index contributed by atoms with van der Waals surface area (Å²) < 4.78 is 0. The van der Waals surface area contributed by atoms with E-state index < -0.39 is 5.60 Å². The van der Waals surface area contributed by atoms with E-state index in [2.05, 4.69) is 40.6 Å². The predicted molar refractivity (Wildman–Crippen MR) is 73.5 cm³/mol. The average molecular weight is 241 g/mol. The van der Waals surface area contributed by atoms with Crippen molar-refractivity contribution in [2.45, 2.75) is 31.9 Å². The molecular formula is C15H17OSi. The van der Waals surface area contributed by atoms with Gasteiger partial charge in [0, 0.05) is 10.2 Å². The Balaban J connectivity index is 2.47. The van der Waals surface area contributed by atoms with Crippen LogP contribution in [0.4, 0.5) is 0 Å². The Morgan fingerprint density at radius 1 is 1.06 bits per heavy atom. The lowest BCUT2D eigenvalue weighted by Crippen LogP contribution is -2.14. The third kappa shape index (κ3) is 2.76. The average Bonchev–Trinajstić information content (AvgIpc) is 2.27. The fourth-order valence-electron chi connectivity index (χ4n) is 1.98. The SMILES string of the molecule is CC(C)(O)c1ccc2cc(CC[Si])ccc2c1. The summed E-state index contributed by atoms with van der Waals surface area (Å²) >= 11 is 0. The van der Waals surface area contributed by atoms with E-state index in [1.807, 2.05) is 19.9 Å². The fourth-order valence-corrected chi connectivity index (χ4v) is 2.26. The number of rotatable bonds is 3. The van der Waals surface area contributed by atoms with Crippen LogP contribution in [-0.4, -0.2) is 15.3 Å². The van der Waals surface area contributed by atoms with Crippen molar-refractivity contribution in [2.75, 3.05) is 0 Å². The molecule has 17 heavy (non-hydrogen) atoms. The van der Waals surface area contributed by atoms with Crippen LogP contribution in [-0.2, 0) is 12.0 Å². The topological polar surface area (TPSA) is 20.2 Å². The molecule has 1 N–H and O–H groups in total. The van der Waals surface area contributed by atoms with Gasteiger partial charge in [-0.05, 0) is 48.2 Å². The lowest BCUT2D eigenvalue weighted by atomic mass is 9.95. The molecule has 2 rings (SSSR count). The molecular weight excluding hydrogens is 224 g/mol. The highest BCUT2D eigenvalue weighted by molar-refractivity contribution is 6.08. The first-order valence-corrected chi connectivity index (χ1v) is 6.61. The van der Waals surface area contributed by atoms with Crippen LogP contribution in [0.1, 0.15) is 25.0 Å². The van der Waals surface area contributed by atoms with Gasteiger partial charge in [-0.1, -0.05) is 36.4 Å². The van der Waals surface area contributed by atoms with Gasteiger partial charge in [0.05, 0.1) is 5.60 Å². The molecule has 1 nitrogen and oxygen atoms in total. The number of benzene rings is 2. The van der Waals surface area contributed by atoms with Crippen LogP contribution < -0.4 is 0 Å². The van der Waals surface area contributed by atoms with Gasteiger partial charge in [-0.3, -0.25) is 0 Å². The highest BCUT2D eigenvalue weighted by Gasteiger charge is 2.15. The number of fused-ring (bicyclic) bond motifs is 1. The van der Waals surface area contributed by atoms with E-state index in [-0.39, 0.29) is 0 Å². The van der Waals surface area contributed by atoms with Gasteiger partial charge in [-0.25, -0.2) is 0 Å². The van der Waals surface area contributed by atoms with Crippen LogP contribution in [0, 0.1) is 0 Å². The second kappa shape index (κ2) is 4.63. The maximum atomic E-state index is 9.98. The van der Waals surface area contributed by atoms with E-state index in [0.717, 1.165) is 18.0 Å². The predicted octanol–water partition coefficient (Wildman–Crippen LogP) is 3.20. The molecule has 0 spiro atoms. The molecule has 0 heterocycles. The summed E-state index contributed by atoms with van der Waals surface area (Å²) in [5.41, 5.74) is 1.52. The van der Waals surface area contributed by atoms with E-state index in [9.17, 15) is 5.11 Å². The number of hydrogen-bond donors (Lipinski definition) is 1. The Kier molecular flexibility index (Phi) is 3.36. The first-order chi connectivity index (χ1) is 8.00. The summed E-state index contributed by atoms with van der Waals surface area (Å²) in [6, 6.07) is 13.6. The third-order valence-electron chi connectivity index (χ3n) is 3.02. The molecule has 0 fully saturated rings. The zero-order valence-electron chi connectivity index (χ0n) is 10.3. The smallest absolute Gasteiger partial charge is 0.0840 e. The van der Waals surface area contributed by atoms with Crippen LogP contribution in [0.25, 0.3) is 10.8 Å². The molecule has 0 aliphatic rings. The summed E-state index contributed by atoms with van der Waals surface area (Å²) in [5.74, 6) is 0. The highest BCUT2D eigenvalue weighted by atomic mass is 28.1. The van der Waals surface area contributed by atoms with Crippen LogP contribution in [0.5, 0.6) is 0 Å². The van der Waals surface area contributed by atoms with E-state index in [0.29, 0.717) is 0 Å².